The van der Waals surface area contributed by atoms with Crippen molar-refractivity contribution in [2.24, 2.45) is 10.2 Å². The van der Waals surface area contributed by atoms with E-state index in [4.69, 9.17) is 9.97 Å². The van der Waals surface area contributed by atoms with Gasteiger partial charge in [0.1, 0.15) is 11.6 Å². The lowest BCUT2D eigenvalue weighted by atomic mass is 10.1. The summed E-state index contributed by atoms with van der Waals surface area (Å²) in [6.45, 7) is 0. The topological polar surface area (TPSA) is 69.9 Å². The van der Waals surface area contributed by atoms with Gasteiger partial charge in [-0.3, -0.25) is 10.0 Å². The molecule has 0 fully saturated rings. The Bertz CT molecular complexity index is 1440. The molecule has 0 saturated carbocycles. The third-order valence-corrected chi connectivity index (χ3v) is 5.79. The zero-order valence-electron chi connectivity index (χ0n) is 21.3. The highest BCUT2D eigenvalue weighted by Gasteiger charge is 2.06. The molecule has 0 unspecified atom stereocenters. The first-order chi connectivity index (χ1) is 18.7. The van der Waals surface area contributed by atoms with Gasteiger partial charge in [-0.15, -0.1) is 0 Å². The van der Waals surface area contributed by atoms with Gasteiger partial charge in [0.2, 0.25) is 0 Å². The van der Waals surface area contributed by atoms with E-state index < -0.39 is 0 Å². The summed E-state index contributed by atoms with van der Waals surface area (Å²) in [5, 5.41) is 12.5. The van der Waals surface area contributed by atoms with Crippen molar-refractivity contribution in [2.75, 3.05) is 24.1 Å². The second kappa shape index (κ2) is 11.7. The van der Waals surface area contributed by atoms with Crippen molar-refractivity contribution in [3.8, 4) is 22.5 Å². The standard InChI is InChI=1S/C31H27N7/c1-37(30-20-10-18-28(35-30)24-12-5-3-6-13-24)32-22-26-16-9-17-27(34-26)23-33-38(2)31-21-11-19-29(36-31)25-14-7-4-8-15-25/h3-23H,1-2H3/b32-22+,33-23+. The van der Waals surface area contributed by atoms with Crippen molar-refractivity contribution in [2.45, 2.75) is 0 Å². The average molecular weight is 498 g/mol. The summed E-state index contributed by atoms with van der Waals surface area (Å²) in [6, 6.07) is 37.7. The van der Waals surface area contributed by atoms with Gasteiger partial charge in [-0.2, -0.15) is 10.2 Å². The number of hydrogen-bond donors (Lipinski definition) is 0. The third-order valence-electron chi connectivity index (χ3n) is 5.79. The van der Waals surface area contributed by atoms with Gasteiger partial charge < -0.3 is 0 Å². The van der Waals surface area contributed by atoms with E-state index in [0.717, 1.165) is 34.2 Å². The smallest absolute Gasteiger partial charge is 0.149 e. The number of hydrazone groups is 2. The van der Waals surface area contributed by atoms with Crippen molar-refractivity contribution in [1.82, 2.24) is 15.0 Å². The maximum atomic E-state index is 4.74. The van der Waals surface area contributed by atoms with Crippen LogP contribution in [0.4, 0.5) is 11.6 Å². The van der Waals surface area contributed by atoms with Crippen LogP contribution in [0, 0.1) is 0 Å². The maximum absolute atomic E-state index is 4.74. The van der Waals surface area contributed by atoms with Crippen LogP contribution in [-0.4, -0.2) is 41.5 Å². The molecule has 7 nitrogen and oxygen atoms in total. The molecule has 0 spiro atoms. The molecule has 0 saturated heterocycles. The van der Waals surface area contributed by atoms with Crippen LogP contribution in [0.5, 0.6) is 0 Å². The maximum Gasteiger partial charge on any atom is 0.149 e. The fourth-order valence-corrected chi connectivity index (χ4v) is 3.77. The van der Waals surface area contributed by atoms with Crippen molar-refractivity contribution in [3.63, 3.8) is 0 Å². The molecule has 5 aromatic rings. The van der Waals surface area contributed by atoms with Gasteiger partial charge in [0.25, 0.3) is 0 Å². The first kappa shape index (κ1) is 24.5. The van der Waals surface area contributed by atoms with Crippen LogP contribution in [0.3, 0.4) is 0 Å². The summed E-state index contributed by atoms with van der Waals surface area (Å²) >= 11 is 0. The van der Waals surface area contributed by atoms with Crippen LogP contribution >= 0.6 is 0 Å². The minimum atomic E-state index is 0.715. The van der Waals surface area contributed by atoms with E-state index in [1.807, 2.05) is 129 Å². The van der Waals surface area contributed by atoms with Crippen LogP contribution in [-0.2, 0) is 0 Å². The molecule has 2 aromatic carbocycles. The zero-order chi connectivity index (χ0) is 26.2. The molecule has 0 aliphatic heterocycles. The summed E-state index contributed by atoms with van der Waals surface area (Å²) in [7, 11) is 3.73. The van der Waals surface area contributed by atoms with Gasteiger partial charge in [-0.1, -0.05) is 78.9 Å². The monoisotopic (exact) mass is 497 g/mol. The number of nitrogens with zero attached hydrogens (tertiary/aromatic N) is 7. The molecule has 3 aromatic heterocycles. The van der Waals surface area contributed by atoms with Gasteiger partial charge in [-0.25, -0.2) is 15.0 Å². The predicted molar refractivity (Wildman–Crippen MR) is 156 cm³/mol. The number of pyridine rings is 3. The Morgan fingerprint density at radius 2 is 0.895 bits per heavy atom. The largest absolute Gasteiger partial charge is 0.251 e. The predicted octanol–water partition coefficient (Wildman–Crippen LogP) is 6.15. The van der Waals surface area contributed by atoms with Crippen molar-refractivity contribution in [3.05, 3.63) is 127 Å². The second-order valence-electron chi connectivity index (χ2n) is 8.52. The lowest BCUT2D eigenvalue weighted by Crippen LogP contribution is -2.12. The van der Waals surface area contributed by atoms with E-state index in [0.29, 0.717) is 11.4 Å². The van der Waals surface area contributed by atoms with Gasteiger partial charge in [0.15, 0.2) is 0 Å². The molecule has 0 atom stereocenters. The second-order valence-corrected chi connectivity index (χ2v) is 8.52. The fraction of sp³-hybridized carbons (Fsp3) is 0.0645. The number of anilines is 2. The third kappa shape index (κ3) is 6.14. The van der Waals surface area contributed by atoms with Crippen LogP contribution in [0.15, 0.2) is 125 Å². The summed E-state index contributed by atoms with van der Waals surface area (Å²) in [5.41, 5.74) is 5.35. The van der Waals surface area contributed by atoms with E-state index in [1.54, 1.807) is 22.4 Å². The van der Waals surface area contributed by atoms with Gasteiger partial charge in [0, 0.05) is 25.2 Å². The van der Waals surface area contributed by atoms with E-state index in [9.17, 15) is 0 Å². The first-order valence-electron chi connectivity index (χ1n) is 12.2. The fourth-order valence-electron chi connectivity index (χ4n) is 3.77. The molecule has 0 radical (unpaired) electrons. The molecule has 0 aliphatic rings. The minimum absolute atomic E-state index is 0.715. The van der Waals surface area contributed by atoms with E-state index >= 15 is 0 Å². The van der Waals surface area contributed by atoms with Gasteiger partial charge >= 0.3 is 0 Å². The molecule has 0 amide bonds. The Balaban J connectivity index is 1.27. The van der Waals surface area contributed by atoms with Crippen LogP contribution < -0.4 is 10.0 Å². The lowest BCUT2D eigenvalue weighted by Gasteiger charge is -2.13. The zero-order valence-corrected chi connectivity index (χ0v) is 21.3. The summed E-state index contributed by atoms with van der Waals surface area (Å²) < 4.78 is 0. The van der Waals surface area contributed by atoms with E-state index in [2.05, 4.69) is 15.2 Å². The van der Waals surface area contributed by atoms with Crippen molar-refractivity contribution in [1.29, 1.82) is 0 Å². The van der Waals surface area contributed by atoms with Crippen LogP contribution in [0.2, 0.25) is 0 Å². The quantitative estimate of drug-likeness (QED) is 0.190. The molecule has 0 bridgehead atoms. The SMILES string of the molecule is CN(/N=C/c1cccc(/C=N/N(C)c2cccc(-c3ccccc3)n2)n1)c1cccc(-c2ccccc2)n1. The Morgan fingerprint density at radius 3 is 1.34 bits per heavy atom. The Morgan fingerprint density at radius 1 is 0.474 bits per heavy atom. The number of benzene rings is 2. The van der Waals surface area contributed by atoms with E-state index in [-0.39, 0.29) is 0 Å². The highest BCUT2D eigenvalue weighted by Crippen LogP contribution is 2.21. The normalized spacial score (nSPS) is 11.2. The average Bonchev–Trinajstić information content (AvgIpc) is 3.00. The number of rotatable bonds is 8. The van der Waals surface area contributed by atoms with Crippen molar-refractivity contribution >= 4 is 24.1 Å². The Kier molecular flexibility index (Phi) is 7.56. The first-order valence-corrected chi connectivity index (χ1v) is 12.2. The molecular weight excluding hydrogens is 470 g/mol. The molecule has 186 valence electrons. The molecule has 0 N–H and O–H groups in total. The Labute approximate surface area is 222 Å². The Hall–Kier alpha value is -5.17. The van der Waals surface area contributed by atoms with Crippen molar-refractivity contribution < 1.29 is 0 Å². The molecule has 38 heavy (non-hydrogen) atoms. The highest BCUT2D eigenvalue weighted by molar-refractivity contribution is 5.82. The highest BCUT2D eigenvalue weighted by atomic mass is 15.5. The van der Waals surface area contributed by atoms with Crippen LogP contribution in [0.1, 0.15) is 11.4 Å². The molecule has 7 heteroatoms. The van der Waals surface area contributed by atoms with Gasteiger partial charge in [0.05, 0.1) is 35.2 Å². The molecular formula is C31H27N7. The lowest BCUT2D eigenvalue weighted by molar-refractivity contribution is 0.980. The molecule has 5 rings (SSSR count). The minimum Gasteiger partial charge on any atom is -0.251 e. The van der Waals surface area contributed by atoms with E-state index in [1.165, 1.54) is 0 Å². The van der Waals surface area contributed by atoms with Gasteiger partial charge in [-0.05, 0) is 36.4 Å². The number of aromatic nitrogens is 3. The summed E-state index contributed by atoms with van der Waals surface area (Å²) in [5.74, 6) is 1.49. The van der Waals surface area contributed by atoms with Crippen LogP contribution in [0.25, 0.3) is 22.5 Å². The molecule has 0 aliphatic carbocycles. The number of hydrogen-bond acceptors (Lipinski definition) is 7. The molecule has 3 heterocycles. The summed E-state index contributed by atoms with van der Waals surface area (Å²) in [6.07, 6.45) is 3.42. The summed E-state index contributed by atoms with van der Waals surface area (Å²) in [4.78, 5) is 14.1.